The van der Waals surface area contributed by atoms with E-state index < -0.39 is 0 Å². The molecule has 1 aliphatic rings. The predicted molar refractivity (Wildman–Crippen MR) is 66.6 cm³/mol. The van der Waals surface area contributed by atoms with E-state index in [0.29, 0.717) is 32.0 Å². The van der Waals surface area contributed by atoms with Crippen LogP contribution >= 0.6 is 0 Å². The molecule has 0 atom stereocenters. The fraction of sp³-hybridized carbons (Fsp3) is 0.833. The first-order valence-corrected chi connectivity index (χ1v) is 6.49. The third kappa shape index (κ3) is 7.74. The van der Waals surface area contributed by atoms with Gasteiger partial charge in [-0.05, 0) is 32.7 Å². The van der Waals surface area contributed by atoms with E-state index in [1.165, 1.54) is 0 Å². The lowest BCUT2D eigenvalue weighted by molar-refractivity contribution is -0.122. The first-order valence-electron chi connectivity index (χ1n) is 6.49. The molecule has 0 heterocycles. The molecule has 3 N–H and O–H groups in total. The number of nitrogens with one attached hydrogen (secondary N) is 3. The molecule has 0 bridgehead atoms. The van der Waals surface area contributed by atoms with Gasteiger partial charge in [0.05, 0.1) is 0 Å². The zero-order valence-electron chi connectivity index (χ0n) is 10.6. The van der Waals surface area contributed by atoms with Gasteiger partial charge in [0.15, 0.2) is 0 Å². The zero-order valence-corrected chi connectivity index (χ0v) is 10.6. The van der Waals surface area contributed by atoms with Crippen LogP contribution in [0.3, 0.4) is 0 Å². The van der Waals surface area contributed by atoms with Gasteiger partial charge in [-0.1, -0.05) is 0 Å². The lowest BCUT2D eigenvalue weighted by Gasteiger charge is -2.05. The van der Waals surface area contributed by atoms with Crippen LogP contribution in [0.15, 0.2) is 0 Å². The summed E-state index contributed by atoms with van der Waals surface area (Å²) in [5.74, 6) is 0.226. The van der Waals surface area contributed by atoms with Crippen molar-refractivity contribution < 1.29 is 9.59 Å². The number of rotatable bonds is 9. The van der Waals surface area contributed by atoms with E-state index >= 15 is 0 Å². The molecular weight excluding hydrogens is 218 g/mol. The van der Waals surface area contributed by atoms with Crippen molar-refractivity contribution in [1.82, 2.24) is 16.0 Å². The highest BCUT2D eigenvalue weighted by atomic mass is 16.2. The average Bonchev–Trinajstić information content (AvgIpc) is 3.07. The van der Waals surface area contributed by atoms with Gasteiger partial charge in [0.1, 0.15) is 0 Å². The first kappa shape index (κ1) is 14.0. The maximum atomic E-state index is 11.3. The molecule has 0 saturated heterocycles. The average molecular weight is 241 g/mol. The standard InChI is InChI=1S/C12H23N3O2/c1-2-14-11(16)7-9-13-8-3-4-12(17)15-10-5-6-10/h10,13H,2-9H2,1H3,(H,14,16)(H,15,17). The van der Waals surface area contributed by atoms with Crippen LogP contribution in [0.5, 0.6) is 0 Å². The van der Waals surface area contributed by atoms with Crippen LogP contribution in [-0.2, 0) is 9.59 Å². The Morgan fingerprint density at radius 1 is 1.12 bits per heavy atom. The number of hydrogen-bond acceptors (Lipinski definition) is 3. The van der Waals surface area contributed by atoms with Crippen LogP contribution in [0.2, 0.25) is 0 Å². The van der Waals surface area contributed by atoms with Crippen LogP contribution in [-0.4, -0.2) is 37.5 Å². The van der Waals surface area contributed by atoms with E-state index in [4.69, 9.17) is 0 Å². The predicted octanol–water partition coefficient (Wildman–Crippen LogP) is 0.161. The molecule has 0 unspecified atom stereocenters. The molecule has 2 amide bonds. The molecule has 1 saturated carbocycles. The fourth-order valence-corrected chi connectivity index (χ4v) is 1.51. The quantitative estimate of drug-likeness (QED) is 0.504. The molecule has 0 aromatic rings. The van der Waals surface area contributed by atoms with Gasteiger partial charge < -0.3 is 16.0 Å². The Labute approximate surface area is 103 Å². The summed E-state index contributed by atoms with van der Waals surface area (Å²) in [7, 11) is 0. The van der Waals surface area contributed by atoms with Crippen molar-refractivity contribution >= 4 is 11.8 Å². The number of carbonyl (C=O) groups excluding carboxylic acids is 2. The van der Waals surface area contributed by atoms with Crippen molar-refractivity contribution in [3.8, 4) is 0 Å². The SMILES string of the molecule is CCNC(=O)CCNCCCC(=O)NC1CC1. The molecule has 0 aromatic heterocycles. The molecule has 5 nitrogen and oxygen atoms in total. The Balaban J connectivity index is 1.83. The summed E-state index contributed by atoms with van der Waals surface area (Å²) in [6, 6.07) is 0.452. The first-order chi connectivity index (χ1) is 8.22. The van der Waals surface area contributed by atoms with Crippen LogP contribution in [0.4, 0.5) is 0 Å². The van der Waals surface area contributed by atoms with E-state index in [1.54, 1.807) is 0 Å². The minimum Gasteiger partial charge on any atom is -0.356 e. The molecule has 1 aliphatic carbocycles. The Hall–Kier alpha value is -1.10. The molecule has 1 rings (SSSR count). The Morgan fingerprint density at radius 3 is 2.53 bits per heavy atom. The summed E-state index contributed by atoms with van der Waals surface area (Å²) >= 11 is 0. The van der Waals surface area contributed by atoms with Gasteiger partial charge in [-0.15, -0.1) is 0 Å². The van der Waals surface area contributed by atoms with E-state index in [1.807, 2.05) is 6.92 Å². The van der Waals surface area contributed by atoms with Crippen LogP contribution in [0, 0.1) is 0 Å². The summed E-state index contributed by atoms with van der Waals surface area (Å²) in [6.45, 7) is 4.05. The Morgan fingerprint density at radius 2 is 1.88 bits per heavy atom. The van der Waals surface area contributed by atoms with E-state index in [9.17, 15) is 9.59 Å². The highest BCUT2D eigenvalue weighted by molar-refractivity contribution is 5.76. The molecule has 0 aliphatic heterocycles. The molecule has 0 spiro atoms. The van der Waals surface area contributed by atoms with Gasteiger partial charge in [0, 0.05) is 32.0 Å². The fourth-order valence-electron chi connectivity index (χ4n) is 1.51. The van der Waals surface area contributed by atoms with E-state index in [2.05, 4.69) is 16.0 Å². The number of hydrogen-bond donors (Lipinski definition) is 3. The minimum atomic E-state index is 0.0754. The molecule has 17 heavy (non-hydrogen) atoms. The highest BCUT2D eigenvalue weighted by Crippen LogP contribution is 2.18. The lowest BCUT2D eigenvalue weighted by Crippen LogP contribution is -2.29. The topological polar surface area (TPSA) is 70.2 Å². The van der Waals surface area contributed by atoms with Gasteiger partial charge in [0.2, 0.25) is 11.8 Å². The summed E-state index contributed by atoms with van der Waals surface area (Å²) in [4.78, 5) is 22.4. The second-order valence-corrected chi connectivity index (χ2v) is 4.40. The Kier molecular flexibility index (Phi) is 6.62. The molecule has 0 aromatic carbocycles. The van der Waals surface area contributed by atoms with Gasteiger partial charge in [-0.3, -0.25) is 9.59 Å². The monoisotopic (exact) mass is 241 g/mol. The summed E-state index contributed by atoms with van der Waals surface area (Å²) < 4.78 is 0. The maximum Gasteiger partial charge on any atom is 0.221 e. The van der Waals surface area contributed by atoms with Crippen LogP contribution in [0.1, 0.15) is 39.0 Å². The smallest absolute Gasteiger partial charge is 0.221 e. The van der Waals surface area contributed by atoms with Crippen molar-refractivity contribution in [3.05, 3.63) is 0 Å². The molecule has 5 heteroatoms. The van der Waals surface area contributed by atoms with Gasteiger partial charge in [-0.2, -0.15) is 0 Å². The van der Waals surface area contributed by atoms with Gasteiger partial charge >= 0.3 is 0 Å². The normalized spacial score (nSPS) is 14.4. The molecule has 1 fully saturated rings. The number of amides is 2. The second kappa shape index (κ2) is 8.06. The zero-order chi connectivity index (χ0) is 12.5. The van der Waals surface area contributed by atoms with E-state index in [-0.39, 0.29) is 11.8 Å². The second-order valence-electron chi connectivity index (χ2n) is 4.40. The van der Waals surface area contributed by atoms with Crippen LogP contribution < -0.4 is 16.0 Å². The van der Waals surface area contributed by atoms with Crippen molar-refractivity contribution in [2.24, 2.45) is 0 Å². The van der Waals surface area contributed by atoms with Crippen molar-refractivity contribution in [3.63, 3.8) is 0 Å². The minimum absolute atomic E-state index is 0.0754. The summed E-state index contributed by atoms with van der Waals surface area (Å²) in [5, 5.41) is 8.85. The summed E-state index contributed by atoms with van der Waals surface area (Å²) in [5.41, 5.74) is 0. The number of carbonyl (C=O) groups is 2. The van der Waals surface area contributed by atoms with Gasteiger partial charge in [0.25, 0.3) is 0 Å². The molecule has 0 radical (unpaired) electrons. The molecule has 98 valence electrons. The largest absolute Gasteiger partial charge is 0.356 e. The third-order valence-corrected chi connectivity index (χ3v) is 2.60. The van der Waals surface area contributed by atoms with Crippen molar-refractivity contribution in [1.29, 1.82) is 0 Å². The van der Waals surface area contributed by atoms with Crippen molar-refractivity contribution in [2.45, 2.75) is 45.1 Å². The van der Waals surface area contributed by atoms with E-state index in [0.717, 1.165) is 25.8 Å². The third-order valence-electron chi connectivity index (χ3n) is 2.60. The Bertz CT molecular complexity index is 252. The molecular formula is C12H23N3O2. The maximum absolute atomic E-state index is 11.3. The summed E-state index contributed by atoms with van der Waals surface area (Å²) in [6.07, 6.45) is 4.17. The highest BCUT2D eigenvalue weighted by Gasteiger charge is 2.22. The van der Waals surface area contributed by atoms with Crippen LogP contribution in [0.25, 0.3) is 0 Å². The van der Waals surface area contributed by atoms with Gasteiger partial charge in [-0.25, -0.2) is 0 Å². The van der Waals surface area contributed by atoms with Crippen molar-refractivity contribution in [2.75, 3.05) is 19.6 Å². The lowest BCUT2D eigenvalue weighted by atomic mass is 10.3.